The van der Waals surface area contributed by atoms with E-state index in [9.17, 15) is 4.79 Å². The number of rotatable bonds is 4. The Labute approximate surface area is 141 Å². The van der Waals surface area contributed by atoms with Crippen LogP contribution in [0, 0.1) is 6.92 Å². The fourth-order valence-electron chi connectivity index (χ4n) is 2.66. The van der Waals surface area contributed by atoms with Crippen LogP contribution in [0.1, 0.15) is 30.0 Å². The molecular formula is C19H21N3O2. The zero-order valence-corrected chi connectivity index (χ0v) is 14.1. The third-order valence-electron chi connectivity index (χ3n) is 4.04. The number of hydrogen-bond donors (Lipinski definition) is 1. The first kappa shape index (κ1) is 16.1. The van der Waals surface area contributed by atoms with Crippen LogP contribution in [0.25, 0.3) is 10.8 Å². The maximum atomic E-state index is 12.4. The lowest BCUT2D eigenvalue weighted by molar-refractivity contribution is 0.202. The average Bonchev–Trinajstić information content (AvgIpc) is 2.99. The summed E-state index contributed by atoms with van der Waals surface area (Å²) in [6.45, 7) is 4.22. The van der Waals surface area contributed by atoms with E-state index >= 15 is 0 Å². The Morgan fingerprint density at radius 2 is 1.96 bits per heavy atom. The first-order valence-corrected chi connectivity index (χ1v) is 7.95. The number of fused-ring (bicyclic) bond motifs is 1. The predicted octanol–water partition coefficient (Wildman–Crippen LogP) is 4.04. The topological polar surface area (TPSA) is 58.4 Å². The van der Waals surface area contributed by atoms with E-state index in [0.29, 0.717) is 6.54 Å². The highest BCUT2D eigenvalue weighted by Crippen LogP contribution is 2.20. The third kappa shape index (κ3) is 3.56. The van der Waals surface area contributed by atoms with E-state index in [1.165, 1.54) is 10.8 Å². The van der Waals surface area contributed by atoms with Crippen molar-refractivity contribution in [2.24, 2.45) is 0 Å². The molecule has 3 rings (SSSR count). The highest BCUT2D eigenvalue weighted by molar-refractivity contribution is 5.83. The van der Waals surface area contributed by atoms with Crippen molar-refractivity contribution in [3.05, 3.63) is 65.5 Å². The summed E-state index contributed by atoms with van der Waals surface area (Å²) in [6.07, 6.45) is 0. The van der Waals surface area contributed by atoms with Crippen molar-refractivity contribution in [3.8, 4) is 0 Å². The van der Waals surface area contributed by atoms with Crippen LogP contribution in [-0.2, 0) is 6.54 Å². The molecule has 0 saturated carbocycles. The Morgan fingerprint density at radius 3 is 2.67 bits per heavy atom. The monoisotopic (exact) mass is 323 g/mol. The van der Waals surface area contributed by atoms with Gasteiger partial charge in [-0.1, -0.05) is 41.6 Å². The quantitative estimate of drug-likeness (QED) is 0.788. The number of aryl methyl sites for hydroxylation is 1. The Bertz CT molecular complexity index is 856. The van der Waals surface area contributed by atoms with E-state index < -0.39 is 0 Å². The molecule has 1 heterocycles. The summed E-state index contributed by atoms with van der Waals surface area (Å²) >= 11 is 0. The molecule has 24 heavy (non-hydrogen) atoms. The first-order chi connectivity index (χ1) is 11.5. The number of benzene rings is 2. The van der Waals surface area contributed by atoms with Gasteiger partial charge < -0.3 is 14.7 Å². The standard InChI is InChI=1S/C19H21N3O2/c1-13-10-18(21-24-13)12-22(3)19(23)20-14(2)16-9-8-15-6-4-5-7-17(15)11-16/h4-11,14H,12H2,1-3H3,(H,20,23). The number of aromatic nitrogens is 1. The fourth-order valence-corrected chi connectivity index (χ4v) is 2.66. The lowest BCUT2D eigenvalue weighted by Crippen LogP contribution is -2.38. The molecule has 1 atom stereocenters. The number of nitrogens with one attached hydrogen (secondary N) is 1. The van der Waals surface area contributed by atoms with Crippen LogP contribution in [0.15, 0.2) is 53.1 Å². The molecule has 1 unspecified atom stereocenters. The highest BCUT2D eigenvalue weighted by Gasteiger charge is 2.15. The summed E-state index contributed by atoms with van der Waals surface area (Å²) in [5.74, 6) is 0.739. The Kier molecular flexibility index (Phi) is 4.51. The highest BCUT2D eigenvalue weighted by atomic mass is 16.5. The summed E-state index contributed by atoms with van der Waals surface area (Å²) in [7, 11) is 1.74. The van der Waals surface area contributed by atoms with Gasteiger partial charge in [-0.25, -0.2) is 4.79 Å². The van der Waals surface area contributed by atoms with E-state index in [-0.39, 0.29) is 12.1 Å². The molecule has 0 fully saturated rings. The number of urea groups is 1. The molecule has 0 aliphatic carbocycles. The second-order valence-electron chi connectivity index (χ2n) is 6.06. The number of hydrogen-bond acceptors (Lipinski definition) is 3. The van der Waals surface area contributed by atoms with Gasteiger partial charge in [-0.3, -0.25) is 0 Å². The number of carbonyl (C=O) groups is 1. The van der Waals surface area contributed by atoms with Gasteiger partial charge in [0.25, 0.3) is 0 Å². The van der Waals surface area contributed by atoms with Crippen molar-refractivity contribution < 1.29 is 9.32 Å². The van der Waals surface area contributed by atoms with Gasteiger partial charge in [-0.05, 0) is 36.2 Å². The van der Waals surface area contributed by atoms with E-state index in [1.807, 2.05) is 38.1 Å². The van der Waals surface area contributed by atoms with Crippen molar-refractivity contribution in [1.29, 1.82) is 0 Å². The van der Waals surface area contributed by atoms with E-state index in [2.05, 4.69) is 34.7 Å². The van der Waals surface area contributed by atoms with Crippen LogP contribution in [-0.4, -0.2) is 23.1 Å². The number of nitrogens with zero attached hydrogens (tertiary/aromatic N) is 2. The predicted molar refractivity (Wildman–Crippen MR) is 93.6 cm³/mol. The van der Waals surface area contributed by atoms with Gasteiger partial charge in [0.1, 0.15) is 11.5 Å². The Morgan fingerprint density at radius 1 is 1.21 bits per heavy atom. The average molecular weight is 323 g/mol. The molecule has 0 spiro atoms. The lowest BCUT2D eigenvalue weighted by Gasteiger charge is -2.21. The molecule has 1 N–H and O–H groups in total. The van der Waals surface area contributed by atoms with E-state index in [1.54, 1.807) is 11.9 Å². The van der Waals surface area contributed by atoms with Crippen LogP contribution in [0.4, 0.5) is 4.79 Å². The first-order valence-electron chi connectivity index (χ1n) is 7.95. The van der Waals surface area contributed by atoms with Crippen molar-refractivity contribution >= 4 is 16.8 Å². The molecule has 0 radical (unpaired) electrons. The molecule has 5 nitrogen and oxygen atoms in total. The molecule has 2 amide bonds. The molecule has 2 aromatic carbocycles. The smallest absolute Gasteiger partial charge is 0.317 e. The molecule has 0 bridgehead atoms. The van der Waals surface area contributed by atoms with Crippen LogP contribution in [0.5, 0.6) is 0 Å². The van der Waals surface area contributed by atoms with Crippen molar-refractivity contribution in [3.63, 3.8) is 0 Å². The zero-order chi connectivity index (χ0) is 17.1. The molecule has 0 aliphatic rings. The third-order valence-corrected chi connectivity index (χ3v) is 4.04. The number of amides is 2. The summed E-state index contributed by atoms with van der Waals surface area (Å²) in [6, 6.07) is 16.0. The SMILES string of the molecule is Cc1cc(CN(C)C(=O)NC(C)c2ccc3ccccc3c2)no1. The van der Waals surface area contributed by atoms with Gasteiger partial charge in [-0.15, -0.1) is 0 Å². The number of carbonyl (C=O) groups excluding carboxylic acids is 1. The minimum absolute atomic E-state index is 0.0800. The summed E-state index contributed by atoms with van der Waals surface area (Å²) < 4.78 is 5.03. The Balaban J connectivity index is 1.65. The maximum absolute atomic E-state index is 12.4. The summed E-state index contributed by atoms with van der Waals surface area (Å²) in [5.41, 5.74) is 1.82. The largest absolute Gasteiger partial charge is 0.361 e. The van der Waals surface area contributed by atoms with Gasteiger partial charge in [0.15, 0.2) is 0 Å². The van der Waals surface area contributed by atoms with Gasteiger partial charge in [0.2, 0.25) is 0 Å². The second-order valence-corrected chi connectivity index (χ2v) is 6.06. The van der Waals surface area contributed by atoms with Gasteiger partial charge in [0.05, 0.1) is 12.6 Å². The normalized spacial score (nSPS) is 12.1. The van der Waals surface area contributed by atoms with Crippen LogP contribution in [0.2, 0.25) is 0 Å². The van der Waals surface area contributed by atoms with E-state index in [0.717, 1.165) is 17.0 Å². The molecule has 0 saturated heterocycles. The molecule has 5 heteroatoms. The Hall–Kier alpha value is -2.82. The maximum Gasteiger partial charge on any atom is 0.317 e. The lowest BCUT2D eigenvalue weighted by atomic mass is 10.0. The van der Waals surface area contributed by atoms with Gasteiger partial charge in [-0.2, -0.15) is 0 Å². The van der Waals surface area contributed by atoms with Crippen molar-refractivity contribution in [2.45, 2.75) is 26.4 Å². The zero-order valence-electron chi connectivity index (χ0n) is 14.1. The molecular weight excluding hydrogens is 302 g/mol. The molecule has 0 aliphatic heterocycles. The van der Waals surface area contributed by atoms with Crippen LogP contribution < -0.4 is 5.32 Å². The molecule has 1 aromatic heterocycles. The van der Waals surface area contributed by atoms with Gasteiger partial charge >= 0.3 is 6.03 Å². The van der Waals surface area contributed by atoms with E-state index in [4.69, 9.17) is 4.52 Å². The van der Waals surface area contributed by atoms with Crippen molar-refractivity contribution in [1.82, 2.24) is 15.4 Å². The summed E-state index contributed by atoms with van der Waals surface area (Å²) in [4.78, 5) is 14.0. The fraction of sp³-hybridized carbons (Fsp3) is 0.263. The van der Waals surface area contributed by atoms with Crippen LogP contribution >= 0.6 is 0 Å². The van der Waals surface area contributed by atoms with Gasteiger partial charge in [0, 0.05) is 13.1 Å². The molecule has 124 valence electrons. The molecule has 3 aromatic rings. The van der Waals surface area contributed by atoms with Crippen LogP contribution in [0.3, 0.4) is 0 Å². The minimum atomic E-state index is -0.142. The second kappa shape index (κ2) is 6.74. The van der Waals surface area contributed by atoms with Crippen molar-refractivity contribution in [2.75, 3.05) is 7.05 Å². The summed E-state index contributed by atoms with van der Waals surface area (Å²) in [5, 5.41) is 9.29. The minimum Gasteiger partial charge on any atom is -0.361 e.